The number of alkyl carbamates (subject to hydrolysis) is 1. The van der Waals surface area contributed by atoms with Crippen molar-refractivity contribution in [2.45, 2.75) is 84.2 Å². The quantitative estimate of drug-likeness (QED) is 0.382. The van der Waals surface area contributed by atoms with Crippen LogP contribution in [0.25, 0.3) is 0 Å². The van der Waals surface area contributed by atoms with Crippen LogP contribution in [0.15, 0.2) is 0 Å². The molecule has 152 valence electrons. The lowest BCUT2D eigenvalue weighted by molar-refractivity contribution is -0.140. The lowest BCUT2D eigenvalue weighted by Gasteiger charge is -2.19. The van der Waals surface area contributed by atoms with Gasteiger partial charge in [0.15, 0.2) is 0 Å². The first-order valence-corrected chi connectivity index (χ1v) is 9.55. The van der Waals surface area contributed by atoms with Crippen LogP contribution in [0.1, 0.15) is 78.6 Å². The van der Waals surface area contributed by atoms with Crippen molar-refractivity contribution in [1.82, 2.24) is 10.6 Å². The number of hydrogen-bond donors (Lipinski definition) is 2. The molecule has 0 atom stereocenters. The maximum atomic E-state index is 11.7. The van der Waals surface area contributed by atoms with E-state index < -0.39 is 11.7 Å². The molecule has 7 heteroatoms. The number of esters is 1. The largest absolute Gasteiger partial charge is 0.469 e. The molecule has 7 nitrogen and oxygen atoms in total. The predicted octanol–water partition coefficient (Wildman–Crippen LogP) is 3.31. The van der Waals surface area contributed by atoms with E-state index in [2.05, 4.69) is 15.4 Å². The number of methoxy groups -OCH3 is 1. The molecule has 0 saturated carbocycles. The number of carbonyl (C=O) groups is 3. The minimum atomic E-state index is -0.476. The molecule has 0 aromatic heterocycles. The fraction of sp³-hybridized carbons (Fsp3) is 0.842. The average molecular weight is 373 g/mol. The van der Waals surface area contributed by atoms with Crippen molar-refractivity contribution in [1.29, 1.82) is 0 Å². The Labute approximate surface area is 157 Å². The normalized spacial score (nSPS) is 10.9. The lowest BCUT2D eigenvalue weighted by atomic mass is 10.1. The summed E-state index contributed by atoms with van der Waals surface area (Å²) in [6.45, 7) is 6.73. The number of unbranched alkanes of at least 4 members (excludes halogenated alkanes) is 5. The lowest BCUT2D eigenvalue weighted by Crippen LogP contribution is -2.33. The number of nitrogens with one attached hydrogen (secondary N) is 2. The van der Waals surface area contributed by atoms with Gasteiger partial charge < -0.3 is 20.1 Å². The molecule has 0 aromatic rings. The van der Waals surface area contributed by atoms with Crippen molar-refractivity contribution in [2.24, 2.45) is 0 Å². The minimum Gasteiger partial charge on any atom is -0.469 e. The summed E-state index contributed by atoms with van der Waals surface area (Å²) in [5.41, 5.74) is -0.476. The molecule has 0 aliphatic heterocycles. The smallest absolute Gasteiger partial charge is 0.407 e. The zero-order valence-electron chi connectivity index (χ0n) is 16.8. The third-order valence-electron chi connectivity index (χ3n) is 3.61. The summed E-state index contributed by atoms with van der Waals surface area (Å²) < 4.78 is 9.72. The fourth-order valence-electron chi connectivity index (χ4n) is 2.26. The predicted molar refractivity (Wildman–Crippen MR) is 101 cm³/mol. The molecular formula is C19H36N2O5. The molecule has 0 heterocycles. The van der Waals surface area contributed by atoms with Gasteiger partial charge in [0.05, 0.1) is 7.11 Å². The molecule has 0 bridgehead atoms. The second-order valence-electron chi connectivity index (χ2n) is 7.33. The van der Waals surface area contributed by atoms with Crippen molar-refractivity contribution in [3.05, 3.63) is 0 Å². The minimum absolute atomic E-state index is 0.0739. The third kappa shape index (κ3) is 17.0. The van der Waals surface area contributed by atoms with E-state index in [0.29, 0.717) is 25.9 Å². The molecule has 2 N–H and O–H groups in total. The fourth-order valence-corrected chi connectivity index (χ4v) is 2.26. The molecule has 0 unspecified atom stereocenters. The van der Waals surface area contributed by atoms with Gasteiger partial charge in [0.1, 0.15) is 5.60 Å². The second kappa shape index (κ2) is 14.4. The summed E-state index contributed by atoms with van der Waals surface area (Å²) in [5.74, 6) is -0.103. The Morgan fingerprint density at radius 3 is 1.88 bits per heavy atom. The van der Waals surface area contributed by atoms with E-state index in [4.69, 9.17) is 4.74 Å². The van der Waals surface area contributed by atoms with Crippen molar-refractivity contribution in [3.8, 4) is 0 Å². The van der Waals surface area contributed by atoms with Crippen LogP contribution in [-0.2, 0) is 19.1 Å². The van der Waals surface area contributed by atoms with Gasteiger partial charge in [-0.3, -0.25) is 9.59 Å². The molecular weight excluding hydrogens is 336 g/mol. The molecule has 0 aromatic carbocycles. The van der Waals surface area contributed by atoms with Crippen LogP contribution in [0.3, 0.4) is 0 Å². The summed E-state index contributed by atoms with van der Waals surface area (Å²) in [5, 5.41) is 5.62. The van der Waals surface area contributed by atoms with E-state index >= 15 is 0 Å². The monoisotopic (exact) mass is 372 g/mol. The summed E-state index contributed by atoms with van der Waals surface area (Å²) in [6.07, 6.45) is 6.80. The molecule has 0 aliphatic carbocycles. The Balaban J connectivity index is 3.39. The highest BCUT2D eigenvalue weighted by Gasteiger charge is 2.15. The van der Waals surface area contributed by atoms with Gasteiger partial charge in [0.25, 0.3) is 0 Å². The second-order valence-corrected chi connectivity index (χ2v) is 7.33. The first kappa shape index (κ1) is 24.2. The first-order chi connectivity index (χ1) is 12.2. The van der Waals surface area contributed by atoms with Crippen molar-refractivity contribution in [2.75, 3.05) is 20.2 Å². The number of amides is 2. The van der Waals surface area contributed by atoms with Gasteiger partial charge in [-0.2, -0.15) is 0 Å². The van der Waals surface area contributed by atoms with Gasteiger partial charge in [-0.25, -0.2) is 4.79 Å². The summed E-state index contributed by atoms with van der Waals surface area (Å²) in [7, 11) is 1.39. The SMILES string of the molecule is COC(=O)CCCCCCC(=O)NCCCCCNC(=O)OC(C)(C)C. The molecule has 0 aliphatic rings. The van der Waals surface area contributed by atoms with E-state index in [0.717, 1.165) is 44.9 Å². The highest BCUT2D eigenvalue weighted by atomic mass is 16.6. The van der Waals surface area contributed by atoms with E-state index in [-0.39, 0.29) is 11.9 Å². The highest BCUT2D eigenvalue weighted by Crippen LogP contribution is 2.07. The summed E-state index contributed by atoms with van der Waals surface area (Å²) in [6, 6.07) is 0. The van der Waals surface area contributed by atoms with Gasteiger partial charge in [-0.05, 0) is 52.9 Å². The van der Waals surface area contributed by atoms with Crippen LogP contribution >= 0.6 is 0 Å². The molecule has 0 fully saturated rings. The van der Waals surface area contributed by atoms with E-state index in [1.807, 2.05) is 20.8 Å². The zero-order chi connectivity index (χ0) is 19.8. The standard InChI is InChI=1S/C19H36N2O5/c1-19(2,3)26-18(24)21-15-11-7-10-14-20-16(22)12-8-5-6-9-13-17(23)25-4/h5-15H2,1-4H3,(H,20,22)(H,21,24). The Hall–Kier alpha value is -1.79. The molecule has 0 rings (SSSR count). The van der Waals surface area contributed by atoms with Crippen LogP contribution in [0.5, 0.6) is 0 Å². The van der Waals surface area contributed by atoms with Crippen LogP contribution in [0, 0.1) is 0 Å². The van der Waals surface area contributed by atoms with Crippen LogP contribution in [0.2, 0.25) is 0 Å². The maximum Gasteiger partial charge on any atom is 0.407 e. The summed E-state index contributed by atoms with van der Waals surface area (Å²) >= 11 is 0. The van der Waals surface area contributed by atoms with E-state index in [9.17, 15) is 14.4 Å². The van der Waals surface area contributed by atoms with Gasteiger partial charge in [-0.1, -0.05) is 12.8 Å². The molecule has 0 spiro atoms. The maximum absolute atomic E-state index is 11.7. The molecule has 0 saturated heterocycles. The summed E-state index contributed by atoms with van der Waals surface area (Å²) in [4.78, 5) is 34.1. The van der Waals surface area contributed by atoms with Gasteiger partial charge in [0, 0.05) is 25.9 Å². The third-order valence-corrected chi connectivity index (χ3v) is 3.61. The number of hydrogen-bond acceptors (Lipinski definition) is 5. The number of carbonyl (C=O) groups excluding carboxylic acids is 3. The topological polar surface area (TPSA) is 93.7 Å². The van der Waals surface area contributed by atoms with Crippen molar-refractivity contribution < 1.29 is 23.9 Å². The molecule has 26 heavy (non-hydrogen) atoms. The Morgan fingerprint density at radius 1 is 0.769 bits per heavy atom. The number of rotatable bonds is 13. The average Bonchev–Trinajstić information content (AvgIpc) is 2.55. The van der Waals surface area contributed by atoms with Crippen LogP contribution < -0.4 is 10.6 Å². The molecule has 2 amide bonds. The van der Waals surface area contributed by atoms with E-state index in [1.165, 1.54) is 7.11 Å². The first-order valence-electron chi connectivity index (χ1n) is 9.55. The Morgan fingerprint density at radius 2 is 1.31 bits per heavy atom. The molecule has 0 radical (unpaired) electrons. The van der Waals surface area contributed by atoms with Crippen LogP contribution in [0.4, 0.5) is 4.79 Å². The Kier molecular flexibility index (Phi) is 13.4. The van der Waals surface area contributed by atoms with Gasteiger partial charge in [-0.15, -0.1) is 0 Å². The zero-order valence-corrected chi connectivity index (χ0v) is 16.8. The number of ether oxygens (including phenoxy) is 2. The highest BCUT2D eigenvalue weighted by molar-refractivity contribution is 5.75. The van der Waals surface area contributed by atoms with Gasteiger partial charge >= 0.3 is 12.1 Å². The van der Waals surface area contributed by atoms with Crippen molar-refractivity contribution in [3.63, 3.8) is 0 Å². The van der Waals surface area contributed by atoms with Crippen molar-refractivity contribution >= 4 is 18.0 Å². The van der Waals surface area contributed by atoms with Gasteiger partial charge in [0.2, 0.25) is 5.91 Å². The van der Waals surface area contributed by atoms with E-state index in [1.54, 1.807) is 0 Å². The van der Waals surface area contributed by atoms with Crippen LogP contribution in [-0.4, -0.2) is 43.8 Å². The Bertz CT molecular complexity index is 419.